The van der Waals surface area contributed by atoms with Gasteiger partial charge in [-0.25, -0.2) is 9.97 Å². The fraction of sp³-hybridized carbons (Fsp3) is 0.296. The molecule has 7 heteroatoms. The molecule has 1 N–H and O–H groups in total. The van der Waals surface area contributed by atoms with Gasteiger partial charge in [-0.05, 0) is 42.5 Å². The number of nitrogens with one attached hydrogen (secondary N) is 1. The van der Waals surface area contributed by atoms with E-state index in [2.05, 4.69) is 36.1 Å². The first-order valence-corrected chi connectivity index (χ1v) is 12.0. The Balaban J connectivity index is 1.59. The Morgan fingerprint density at radius 3 is 2.21 bits per heavy atom. The molecule has 0 radical (unpaired) electrons. The van der Waals surface area contributed by atoms with Crippen LogP contribution in [0.15, 0.2) is 64.4 Å². The third-order valence-electron chi connectivity index (χ3n) is 7.97. The summed E-state index contributed by atoms with van der Waals surface area (Å²) in [6, 6.07) is 21.7. The molecule has 6 nitrogen and oxygen atoms in total. The maximum absolute atomic E-state index is 14.1. The number of nitriles is 2. The van der Waals surface area contributed by atoms with Gasteiger partial charge in [0.05, 0.1) is 22.5 Å². The first-order chi connectivity index (χ1) is 16.3. The van der Waals surface area contributed by atoms with E-state index < -0.39 is 16.2 Å². The monoisotopic (exact) mass is 465 g/mol. The lowest BCUT2D eigenvalue weighted by molar-refractivity contribution is -0.125. The van der Waals surface area contributed by atoms with Crippen LogP contribution in [-0.4, -0.2) is 15.9 Å². The minimum atomic E-state index is -0.950. The van der Waals surface area contributed by atoms with E-state index in [-0.39, 0.29) is 17.3 Å². The topological polar surface area (TPSA) is 102 Å². The van der Waals surface area contributed by atoms with E-state index in [0.29, 0.717) is 17.8 Å². The molecular formula is C27H23N5OS. The predicted molar refractivity (Wildman–Crippen MR) is 129 cm³/mol. The molecule has 2 bridgehead atoms. The maximum atomic E-state index is 14.1. The smallest absolute Gasteiger partial charge is 0.237 e. The molecule has 5 rings (SSSR count). The van der Waals surface area contributed by atoms with Gasteiger partial charge >= 0.3 is 0 Å². The van der Waals surface area contributed by atoms with Gasteiger partial charge in [0.25, 0.3) is 0 Å². The average Bonchev–Trinajstić information content (AvgIpc) is 3.14. The summed E-state index contributed by atoms with van der Waals surface area (Å²) >= 11 is 1.59. The minimum Gasteiger partial charge on any atom is -0.324 e. The fourth-order valence-electron chi connectivity index (χ4n) is 5.64. The number of carbonyl (C=O) groups is 1. The lowest BCUT2D eigenvalue weighted by Crippen LogP contribution is -2.48. The molecule has 2 unspecified atom stereocenters. The molecule has 34 heavy (non-hydrogen) atoms. The number of para-hydroxylation sites is 1. The van der Waals surface area contributed by atoms with Crippen molar-refractivity contribution in [2.75, 3.05) is 5.32 Å². The molecule has 1 saturated carbocycles. The van der Waals surface area contributed by atoms with Crippen molar-refractivity contribution in [1.29, 1.82) is 10.5 Å². The van der Waals surface area contributed by atoms with E-state index >= 15 is 0 Å². The summed E-state index contributed by atoms with van der Waals surface area (Å²) in [5.41, 5.74) is 0.0454. The van der Waals surface area contributed by atoms with Gasteiger partial charge in [0.15, 0.2) is 11.4 Å². The van der Waals surface area contributed by atoms with E-state index in [0.717, 1.165) is 21.9 Å². The highest BCUT2D eigenvalue weighted by atomic mass is 32.2. The third kappa shape index (κ3) is 2.84. The van der Waals surface area contributed by atoms with Crippen molar-refractivity contribution in [2.45, 2.75) is 54.2 Å². The zero-order valence-electron chi connectivity index (χ0n) is 19.2. The zero-order valence-corrected chi connectivity index (χ0v) is 20.0. The van der Waals surface area contributed by atoms with Gasteiger partial charge in [0.2, 0.25) is 5.91 Å². The molecule has 2 aromatic carbocycles. The Morgan fingerprint density at radius 1 is 0.912 bits per heavy atom. The van der Waals surface area contributed by atoms with Crippen LogP contribution in [-0.2, 0) is 15.6 Å². The summed E-state index contributed by atoms with van der Waals surface area (Å²) in [5, 5.41) is 22.3. The van der Waals surface area contributed by atoms with Crippen molar-refractivity contribution in [3.63, 3.8) is 0 Å². The molecule has 2 atom stereocenters. The van der Waals surface area contributed by atoms with Crippen molar-refractivity contribution in [1.82, 2.24) is 9.97 Å². The first kappa shape index (κ1) is 22.1. The van der Waals surface area contributed by atoms with Crippen LogP contribution in [0.3, 0.4) is 0 Å². The zero-order chi connectivity index (χ0) is 24.1. The average molecular weight is 466 g/mol. The van der Waals surface area contributed by atoms with E-state index in [1.807, 2.05) is 66.7 Å². The normalized spacial score (nSPS) is 23.6. The van der Waals surface area contributed by atoms with Gasteiger partial charge < -0.3 is 5.32 Å². The number of hydrogen-bond acceptors (Lipinski definition) is 6. The van der Waals surface area contributed by atoms with E-state index in [9.17, 15) is 15.3 Å². The summed E-state index contributed by atoms with van der Waals surface area (Å²) in [6.07, 6.45) is 1.36. The molecule has 1 fully saturated rings. The van der Waals surface area contributed by atoms with Gasteiger partial charge in [-0.1, -0.05) is 62.9 Å². The van der Waals surface area contributed by atoms with Crippen molar-refractivity contribution in [2.24, 2.45) is 5.41 Å². The molecule has 0 aliphatic heterocycles. The number of benzene rings is 2. The van der Waals surface area contributed by atoms with Gasteiger partial charge in [0, 0.05) is 15.2 Å². The Bertz CT molecular complexity index is 1400. The lowest BCUT2D eigenvalue weighted by atomic mass is 9.63. The molecule has 2 aliphatic rings. The van der Waals surface area contributed by atoms with Crippen LogP contribution in [0.4, 0.5) is 5.69 Å². The van der Waals surface area contributed by atoms with Crippen LogP contribution in [0.1, 0.15) is 56.4 Å². The number of rotatable bonds is 4. The standard InChI is InChI=1S/C27H23N5OS/c1-25(2)26(3)13-14-27(25,23-22(26)30-19(15-28)20(16-29)31-23)24(33)32-18-11-7-8-12-21(18)34-17-9-5-4-6-10-17/h4-12H,13-14H2,1-3H3,(H,32,33). The molecule has 1 heterocycles. The number of aromatic nitrogens is 2. The van der Waals surface area contributed by atoms with Gasteiger partial charge in [0.1, 0.15) is 12.1 Å². The second-order valence-corrected chi connectivity index (χ2v) is 10.7. The second kappa shape index (κ2) is 7.68. The Morgan fingerprint density at radius 2 is 1.53 bits per heavy atom. The summed E-state index contributed by atoms with van der Waals surface area (Å²) in [4.78, 5) is 25.3. The van der Waals surface area contributed by atoms with Gasteiger partial charge in [-0.15, -0.1) is 0 Å². The Hall–Kier alpha value is -3.68. The van der Waals surface area contributed by atoms with Crippen molar-refractivity contribution < 1.29 is 4.79 Å². The quantitative estimate of drug-likeness (QED) is 0.558. The number of carbonyl (C=O) groups excluding carboxylic acids is 1. The highest BCUT2D eigenvalue weighted by Gasteiger charge is 2.73. The molecule has 0 spiro atoms. The predicted octanol–water partition coefficient (Wildman–Crippen LogP) is 5.34. The first-order valence-electron chi connectivity index (χ1n) is 11.1. The van der Waals surface area contributed by atoms with Crippen LogP contribution >= 0.6 is 11.8 Å². The van der Waals surface area contributed by atoms with Crippen LogP contribution in [0, 0.1) is 28.1 Å². The SMILES string of the molecule is CC12CCC(C(=O)Nc3ccccc3Sc3ccccc3)(c3nc(C#N)c(C#N)nc31)C2(C)C. The summed E-state index contributed by atoms with van der Waals surface area (Å²) < 4.78 is 0. The van der Waals surface area contributed by atoms with Crippen LogP contribution in [0.5, 0.6) is 0 Å². The van der Waals surface area contributed by atoms with Crippen molar-refractivity contribution in [3.8, 4) is 12.1 Å². The summed E-state index contributed by atoms with van der Waals surface area (Å²) in [6.45, 7) is 6.24. The fourth-order valence-corrected chi connectivity index (χ4v) is 6.57. The van der Waals surface area contributed by atoms with Crippen LogP contribution in [0.25, 0.3) is 0 Å². The van der Waals surface area contributed by atoms with Gasteiger partial charge in [-0.3, -0.25) is 4.79 Å². The van der Waals surface area contributed by atoms with Crippen LogP contribution in [0.2, 0.25) is 0 Å². The Kier molecular flexibility index (Phi) is 5.00. The molecular weight excluding hydrogens is 442 g/mol. The highest BCUT2D eigenvalue weighted by molar-refractivity contribution is 7.99. The van der Waals surface area contributed by atoms with E-state index in [1.165, 1.54) is 0 Å². The molecule has 1 aromatic heterocycles. The third-order valence-corrected chi connectivity index (χ3v) is 9.06. The van der Waals surface area contributed by atoms with E-state index in [1.54, 1.807) is 11.8 Å². The number of nitrogens with zero attached hydrogens (tertiary/aromatic N) is 4. The number of amides is 1. The number of anilines is 1. The molecule has 0 saturated heterocycles. The number of fused-ring (bicyclic) bond motifs is 5. The summed E-state index contributed by atoms with van der Waals surface area (Å²) in [5.74, 6) is -0.149. The van der Waals surface area contributed by atoms with Crippen LogP contribution < -0.4 is 5.32 Å². The molecule has 2 aliphatic carbocycles. The Labute approximate surface area is 203 Å². The highest BCUT2D eigenvalue weighted by Crippen LogP contribution is 2.70. The summed E-state index contributed by atoms with van der Waals surface area (Å²) in [7, 11) is 0. The molecule has 1 amide bonds. The number of hydrogen-bond donors (Lipinski definition) is 1. The molecule has 3 aromatic rings. The molecule has 168 valence electrons. The maximum Gasteiger partial charge on any atom is 0.237 e. The van der Waals surface area contributed by atoms with Gasteiger partial charge in [-0.2, -0.15) is 10.5 Å². The lowest BCUT2D eigenvalue weighted by Gasteiger charge is -2.39. The van der Waals surface area contributed by atoms with Crippen molar-refractivity contribution >= 4 is 23.4 Å². The van der Waals surface area contributed by atoms with E-state index in [4.69, 9.17) is 0 Å². The largest absolute Gasteiger partial charge is 0.324 e. The minimum absolute atomic E-state index is 0.0194. The van der Waals surface area contributed by atoms with Crippen molar-refractivity contribution in [3.05, 3.63) is 77.4 Å². The second-order valence-electron chi connectivity index (χ2n) is 9.57.